The molecule has 0 aromatic heterocycles. The monoisotopic (exact) mass is 125 g/mol. The number of carbonyl (C=O) groups is 2. The van der Waals surface area contributed by atoms with Crippen molar-refractivity contribution in [1.29, 1.82) is 0 Å². The molecular formula is C6H7NO2. The summed E-state index contributed by atoms with van der Waals surface area (Å²) in [6.45, 7) is 1.72. The fraction of sp³-hybridized carbons (Fsp3) is 0.333. The van der Waals surface area contributed by atoms with Crippen LogP contribution >= 0.6 is 0 Å². The highest BCUT2D eigenvalue weighted by Crippen LogP contribution is 2.04. The molecule has 1 aliphatic rings. The van der Waals surface area contributed by atoms with Crippen molar-refractivity contribution in [3.8, 4) is 0 Å². The van der Waals surface area contributed by atoms with Gasteiger partial charge in [0.05, 0.1) is 12.1 Å². The second-order valence-electron chi connectivity index (χ2n) is 1.85. The van der Waals surface area contributed by atoms with Gasteiger partial charge in [-0.05, 0) is 6.92 Å². The van der Waals surface area contributed by atoms with Crippen LogP contribution in [-0.2, 0) is 9.59 Å². The molecule has 0 aromatic rings. The number of allylic oxidation sites excluding steroid dienone is 2. The number of amides is 1. The number of carbonyl (C=O) groups excluding carboxylic acids is 2. The Labute approximate surface area is 52.7 Å². The van der Waals surface area contributed by atoms with Crippen LogP contribution in [0.5, 0.6) is 0 Å². The van der Waals surface area contributed by atoms with Crippen molar-refractivity contribution >= 4 is 11.7 Å². The third-order valence-corrected chi connectivity index (χ3v) is 1.18. The lowest BCUT2D eigenvalue weighted by Crippen LogP contribution is -2.11. The second-order valence-corrected chi connectivity index (χ2v) is 1.85. The van der Waals surface area contributed by atoms with Crippen LogP contribution in [0.15, 0.2) is 11.8 Å². The van der Waals surface area contributed by atoms with Gasteiger partial charge in [0.2, 0.25) is 5.91 Å². The summed E-state index contributed by atoms with van der Waals surface area (Å²) < 4.78 is 0. The first-order valence-corrected chi connectivity index (χ1v) is 2.73. The predicted octanol–water partition coefficient (Wildman–Crippen LogP) is -0.0208. The van der Waals surface area contributed by atoms with E-state index in [0.29, 0.717) is 5.70 Å². The summed E-state index contributed by atoms with van der Waals surface area (Å²) in [4.78, 5) is 21.1. The largest absolute Gasteiger partial charge is 0.323 e. The van der Waals surface area contributed by atoms with Gasteiger partial charge in [0.25, 0.3) is 0 Å². The maximum absolute atomic E-state index is 10.7. The molecule has 0 unspecified atom stereocenters. The molecule has 0 saturated carbocycles. The Hall–Kier alpha value is -1.12. The molecule has 1 N–H and O–H groups in total. The Kier molecular flexibility index (Phi) is 1.34. The lowest BCUT2D eigenvalue weighted by Gasteiger charge is -1.88. The van der Waals surface area contributed by atoms with E-state index in [1.807, 2.05) is 0 Å². The smallest absolute Gasteiger partial charge is 0.232 e. The second kappa shape index (κ2) is 2.01. The van der Waals surface area contributed by atoms with Gasteiger partial charge in [-0.1, -0.05) is 6.08 Å². The molecule has 0 bridgehead atoms. The topological polar surface area (TPSA) is 46.2 Å². The van der Waals surface area contributed by atoms with Crippen molar-refractivity contribution < 1.29 is 9.59 Å². The van der Waals surface area contributed by atoms with Crippen LogP contribution in [0.25, 0.3) is 0 Å². The van der Waals surface area contributed by atoms with Crippen LogP contribution in [-0.4, -0.2) is 11.7 Å². The third kappa shape index (κ3) is 0.988. The lowest BCUT2D eigenvalue weighted by molar-refractivity contribution is -0.121. The minimum atomic E-state index is -0.201. The molecule has 3 heteroatoms. The molecule has 1 amide bonds. The SMILES string of the molecule is C/C=C1\NC(=O)CC1=O. The van der Waals surface area contributed by atoms with Crippen molar-refractivity contribution in [3.63, 3.8) is 0 Å². The Bertz CT molecular complexity index is 193. The zero-order valence-electron chi connectivity index (χ0n) is 5.10. The van der Waals surface area contributed by atoms with E-state index in [-0.39, 0.29) is 18.1 Å². The lowest BCUT2D eigenvalue weighted by atomic mass is 10.3. The molecule has 48 valence electrons. The quantitative estimate of drug-likeness (QED) is 0.365. The molecule has 0 aliphatic carbocycles. The number of hydrogen-bond donors (Lipinski definition) is 1. The van der Waals surface area contributed by atoms with Gasteiger partial charge in [0.1, 0.15) is 0 Å². The van der Waals surface area contributed by atoms with Gasteiger partial charge >= 0.3 is 0 Å². The van der Waals surface area contributed by atoms with Gasteiger partial charge < -0.3 is 5.32 Å². The molecule has 1 aliphatic heterocycles. The first kappa shape index (κ1) is 6.01. The minimum absolute atomic E-state index is 0.0136. The van der Waals surface area contributed by atoms with Crippen LogP contribution in [0.1, 0.15) is 13.3 Å². The zero-order chi connectivity index (χ0) is 6.85. The molecule has 1 rings (SSSR count). The van der Waals surface area contributed by atoms with Crippen molar-refractivity contribution in [2.24, 2.45) is 0 Å². The maximum atomic E-state index is 10.7. The summed E-state index contributed by atoms with van der Waals surface area (Å²) in [5.74, 6) is -0.310. The molecule has 1 saturated heterocycles. The standard InChI is InChI=1S/C6H7NO2/c1-2-4-5(8)3-6(9)7-4/h2H,3H2,1H3,(H,7,9)/b4-2-. The number of rotatable bonds is 0. The fourth-order valence-electron chi connectivity index (χ4n) is 0.738. The highest BCUT2D eigenvalue weighted by Gasteiger charge is 2.22. The summed E-state index contributed by atoms with van der Waals surface area (Å²) >= 11 is 0. The Morgan fingerprint density at radius 3 is 2.44 bits per heavy atom. The molecule has 0 aromatic carbocycles. The van der Waals surface area contributed by atoms with Crippen LogP contribution in [0.2, 0.25) is 0 Å². The Balaban J connectivity index is 2.81. The maximum Gasteiger partial charge on any atom is 0.232 e. The average molecular weight is 125 g/mol. The summed E-state index contributed by atoms with van der Waals surface area (Å²) in [5, 5.41) is 2.43. The Morgan fingerprint density at radius 2 is 2.22 bits per heavy atom. The first-order valence-electron chi connectivity index (χ1n) is 2.73. The first-order chi connectivity index (χ1) is 4.24. The van der Waals surface area contributed by atoms with Crippen LogP contribution in [0.4, 0.5) is 0 Å². The van der Waals surface area contributed by atoms with E-state index in [4.69, 9.17) is 0 Å². The van der Waals surface area contributed by atoms with Crippen LogP contribution in [0, 0.1) is 0 Å². The number of nitrogens with one attached hydrogen (secondary N) is 1. The van der Waals surface area contributed by atoms with Gasteiger partial charge in [-0.3, -0.25) is 9.59 Å². The Morgan fingerprint density at radius 1 is 1.56 bits per heavy atom. The van der Waals surface area contributed by atoms with Crippen LogP contribution < -0.4 is 5.32 Å². The van der Waals surface area contributed by atoms with Crippen molar-refractivity contribution in [1.82, 2.24) is 5.32 Å². The van der Waals surface area contributed by atoms with Gasteiger partial charge in [-0.25, -0.2) is 0 Å². The van der Waals surface area contributed by atoms with E-state index in [2.05, 4.69) is 5.32 Å². The van der Waals surface area contributed by atoms with Gasteiger partial charge in [0, 0.05) is 0 Å². The summed E-state index contributed by atoms with van der Waals surface area (Å²) in [6, 6.07) is 0. The molecule has 0 atom stereocenters. The van der Waals surface area contributed by atoms with E-state index in [0.717, 1.165) is 0 Å². The molecule has 0 radical (unpaired) electrons. The third-order valence-electron chi connectivity index (χ3n) is 1.18. The highest BCUT2D eigenvalue weighted by molar-refractivity contribution is 6.14. The highest BCUT2D eigenvalue weighted by atomic mass is 16.2. The molecule has 1 fully saturated rings. The van der Waals surface area contributed by atoms with Crippen molar-refractivity contribution in [2.45, 2.75) is 13.3 Å². The van der Waals surface area contributed by atoms with Gasteiger partial charge in [-0.2, -0.15) is 0 Å². The van der Waals surface area contributed by atoms with Crippen molar-refractivity contribution in [2.75, 3.05) is 0 Å². The molecule has 0 spiro atoms. The van der Waals surface area contributed by atoms with Crippen molar-refractivity contribution in [3.05, 3.63) is 11.8 Å². The van der Waals surface area contributed by atoms with Gasteiger partial charge in [0.15, 0.2) is 5.78 Å². The summed E-state index contributed by atoms with van der Waals surface area (Å²) in [6.07, 6.45) is 1.62. The molecule has 1 heterocycles. The van der Waals surface area contributed by atoms with E-state index in [1.165, 1.54) is 0 Å². The fourth-order valence-corrected chi connectivity index (χ4v) is 0.738. The van der Waals surface area contributed by atoms with E-state index < -0.39 is 0 Å². The summed E-state index contributed by atoms with van der Waals surface area (Å²) in [7, 11) is 0. The minimum Gasteiger partial charge on any atom is -0.323 e. The van der Waals surface area contributed by atoms with E-state index in [1.54, 1.807) is 13.0 Å². The normalized spacial score (nSPS) is 23.0. The summed E-state index contributed by atoms with van der Waals surface area (Å²) in [5.41, 5.74) is 0.431. The zero-order valence-corrected chi connectivity index (χ0v) is 5.10. The molecular weight excluding hydrogens is 118 g/mol. The number of ketones is 1. The number of hydrogen-bond acceptors (Lipinski definition) is 2. The van der Waals surface area contributed by atoms with E-state index in [9.17, 15) is 9.59 Å². The van der Waals surface area contributed by atoms with Crippen LogP contribution in [0.3, 0.4) is 0 Å². The average Bonchev–Trinajstić information content (AvgIpc) is 2.10. The van der Waals surface area contributed by atoms with E-state index >= 15 is 0 Å². The molecule has 9 heavy (non-hydrogen) atoms. The predicted molar refractivity (Wildman–Crippen MR) is 31.5 cm³/mol. The van der Waals surface area contributed by atoms with Gasteiger partial charge in [-0.15, -0.1) is 0 Å². The number of Topliss-reactive ketones (excluding diaryl/α,β-unsaturated/α-hetero) is 1. The molecule has 3 nitrogen and oxygen atoms in total.